The first-order valence-electron chi connectivity index (χ1n) is 16.3. The lowest BCUT2D eigenvalue weighted by Crippen LogP contribution is -2.61. The van der Waals surface area contributed by atoms with Crippen molar-refractivity contribution in [1.29, 1.82) is 0 Å². The monoisotopic (exact) mass is 636 g/mol. The van der Waals surface area contributed by atoms with Gasteiger partial charge < -0.3 is 28.4 Å². The molecule has 1 unspecified atom stereocenters. The van der Waals surface area contributed by atoms with Crippen molar-refractivity contribution in [1.82, 2.24) is 0 Å². The van der Waals surface area contributed by atoms with Crippen LogP contribution in [0.2, 0.25) is 0 Å². The highest BCUT2D eigenvalue weighted by atomic mass is 16.7. The largest absolute Gasteiger partial charge is 0.374 e. The molecule has 0 aromatic heterocycles. The first-order chi connectivity index (χ1) is 23.3. The molecule has 1 aliphatic heterocycles. The van der Waals surface area contributed by atoms with Crippen LogP contribution in [0.5, 0.6) is 0 Å². The highest BCUT2D eigenvalue weighted by Gasteiger charge is 2.49. The van der Waals surface area contributed by atoms with E-state index in [2.05, 4.69) is 0 Å². The maximum Gasteiger partial charge on any atom is 0.186 e. The molecule has 0 saturated carbocycles. The zero-order chi connectivity index (χ0) is 32.4. The van der Waals surface area contributed by atoms with Crippen molar-refractivity contribution < 1.29 is 33.2 Å². The van der Waals surface area contributed by atoms with Gasteiger partial charge in [-0.2, -0.15) is 0 Å². The van der Waals surface area contributed by atoms with E-state index in [0.29, 0.717) is 39.5 Å². The van der Waals surface area contributed by atoms with Gasteiger partial charge in [0.05, 0.1) is 33.0 Å². The summed E-state index contributed by atoms with van der Waals surface area (Å²) in [6, 6.07) is 40.2. The maximum absolute atomic E-state index is 10.6. The molecular weight excluding hydrogens is 592 g/mol. The van der Waals surface area contributed by atoms with E-state index in [1.807, 2.05) is 127 Å². The summed E-state index contributed by atoms with van der Waals surface area (Å²) in [4.78, 5) is 10.6. The average molecular weight is 637 g/mol. The van der Waals surface area contributed by atoms with E-state index in [1.54, 1.807) is 0 Å². The zero-order valence-corrected chi connectivity index (χ0v) is 26.7. The average Bonchev–Trinajstić information content (AvgIpc) is 3.13. The van der Waals surface area contributed by atoms with Crippen molar-refractivity contribution in [2.75, 3.05) is 13.2 Å². The minimum Gasteiger partial charge on any atom is -0.374 e. The molecule has 1 saturated heterocycles. The lowest BCUT2D eigenvalue weighted by Gasteiger charge is -2.46. The van der Waals surface area contributed by atoms with Gasteiger partial charge in [0, 0.05) is 6.61 Å². The Bertz CT molecular complexity index is 1450. The number of carbonyl (C=O) groups excluding carboxylic acids is 1. The molecule has 47 heavy (non-hydrogen) atoms. The number of allylic oxidation sites excluding steroid dienone is 1. The normalized spacial score (nSPS) is 20.8. The molecule has 7 heteroatoms. The molecule has 0 amide bonds. The third kappa shape index (κ3) is 11.4. The van der Waals surface area contributed by atoms with Gasteiger partial charge in [-0.1, -0.05) is 121 Å². The standard InChI is InChI=1S/C40H44O7/c41-25-15-1-2-16-26-43-40-39(46-30-35-23-13-6-14-24-35)38(45-29-34-21-11-5-12-22-34)37(44-28-33-19-9-4-10-20-33)36(47-40)31-42-27-32-17-7-3-8-18-32/h3-15,17-24,36-40H,1-2,16,26-31H2/t36-,37-,38+,39+,40?/m1/s1. The quantitative estimate of drug-likeness (QED) is 0.0793. The van der Waals surface area contributed by atoms with Gasteiger partial charge in [-0.25, -0.2) is 4.79 Å². The smallest absolute Gasteiger partial charge is 0.186 e. The predicted molar refractivity (Wildman–Crippen MR) is 180 cm³/mol. The Labute approximate surface area is 278 Å². The fourth-order valence-corrected chi connectivity index (χ4v) is 5.49. The number of unbranched alkanes of at least 4 members (excludes halogenated alkanes) is 2. The van der Waals surface area contributed by atoms with Crippen LogP contribution >= 0.6 is 0 Å². The SMILES string of the molecule is O=C=CCCCCOC1O[C@H](COCc2ccccc2)[C@@H](OCc2ccccc2)[C@H](OCc2ccccc2)[C@@H]1OCc1ccccc1. The molecule has 0 spiro atoms. The zero-order valence-electron chi connectivity index (χ0n) is 26.7. The molecule has 0 N–H and O–H groups in total. The van der Waals surface area contributed by atoms with Gasteiger partial charge in [0.2, 0.25) is 0 Å². The molecule has 5 rings (SSSR count). The van der Waals surface area contributed by atoms with E-state index in [0.717, 1.165) is 35.1 Å². The molecule has 7 nitrogen and oxygen atoms in total. The first-order valence-corrected chi connectivity index (χ1v) is 16.3. The molecule has 4 aromatic carbocycles. The van der Waals surface area contributed by atoms with Gasteiger partial charge in [0.25, 0.3) is 0 Å². The Morgan fingerprint density at radius 1 is 0.553 bits per heavy atom. The second kappa shape index (κ2) is 19.7. The van der Waals surface area contributed by atoms with Crippen molar-refractivity contribution in [3.8, 4) is 0 Å². The van der Waals surface area contributed by atoms with Crippen molar-refractivity contribution in [2.45, 2.75) is 76.4 Å². The Balaban J connectivity index is 1.40. The fourth-order valence-electron chi connectivity index (χ4n) is 5.49. The summed E-state index contributed by atoms with van der Waals surface area (Å²) in [5, 5.41) is 0. The molecular formula is C40H44O7. The summed E-state index contributed by atoms with van der Waals surface area (Å²) in [5.74, 6) is 1.84. The van der Waals surface area contributed by atoms with Crippen LogP contribution in [-0.2, 0) is 59.6 Å². The number of hydrogen-bond acceptors (Lipinski definition) is 7. The van der Waals surface area contributed by atoms with Gasteiger partial charge in [0.15, 0.2) is 6.29 Å². The third-order valence-corrected chi connectivity index (χ3v) is 7.95. The molecule has 0 radical (unpaired) electrons. The number of hydrogen-bond donors (Lipinski definition) is 0. The van der Waals surface area contributed by atoms with Gasteiger partial charge in [-0.15, -0.1) is 0 Å². The van der Waals surface area contributed by atoms with Crippen LogP contribution in [0.1, 0.15) is 41.5 Å². The third-order valence-electron chi connectivity index (χ3n) is 7.95. The van der Waals surface area contributed by atoms with E-state index < -0.39 is 30.7 Å². The summed E-state index contributed by atoms with van der Waals surface area (Å²) >= 11 is 0. The molecule has 0 aliphatic carbocycles. The van der Waals surface area contributed by atoms with E-state index in [1.165, 1.54) is 6.08 Å². The summed E-state index contributed by atoms with van der Waals surface area (Å²) < 4.78 is 39.4. The van der Waals surface area contributed by atoms with Crippen LogP contribution in [0.25, 0.3) is 0 Å². The van der Waals surface area contributed by atoms with Crippen LogP contribution in [0, 0.1) is 0 Å². The van der Waals surface area contributed by atoms with Crippen LogP contribution in [0.3, 0.4) is 0 Å². The van der Waals surface area contributed by atoms with Gasteiger partial charge >= 0.3 is 0 Å². The Morgan fingerprint density at radius 3 is 1.53 bits per heavy atom. The molecule has 5 atom stereocenters. The maximum atomic E-state index is 10.6. The fraction of sp³-hybridized carbons (Fsp3) is 0.350. The molecule has 246 valence electrons. The summed E-state index contributed by atoms with van der Waals surface area (Å²) in [7, 11) is 0. The Morgan fingerprint density at radius 2 is 1.02 bits per heavy atom. The van der Waals surface area contributed by atoms with Crippen LogP contribution < -0.4 is 0 Å². The van der Waals surface area contributed by atoms with Crippen molar-refractivity contribution in [3.63, 3.8) is 0 Å². The molecule has 1 aliphatic rings. The van der Waals surface area contributed by atoms with E-state index in [-0.39, 0.29) is 6.61 Å². The number of benzene rings is 4. The topological polar surface area (TPSA) is 72.5 Å². The summed E-state index contributed by atoms with van der Waals surface area (Å²) in [6.07, 6.45) is 0.828. The lowest BCUT2D eigenvalue weighted by molar-refractivity contribution is -0.328. The van der Waals surface area contributed by atoms with E-state index >= 15 is 0 Å². The minimum atomic E-state index is -0.733. The minimum absolute atomic E-state index is 0.273. The number of ether oxygens (including phenoxy) is 6. The molecule has 0 bridgehead atoms. The summed E-state index contributed by atoms with van der Waals surface area (Å²) in [5.41, 5.74) is 4.19. The highest BCUT2D eigenvalue weighted by Crippen LogP contribution is 2.32. The van der Waals surface area contributed by atoms with Crippen LogP contribution in [0.4, 0.5) is 0 Å². The van der Waals surface area contributed by atoms with E-state index in [4.69, 9.17) is 28.4 Å². The van der Waals surface area contributed by atoms with Crippen molar-refractivity contribution in [3.05, 3.63) is 150 Å². The second-order valence-electron chi connectivity index (χ2n) is 11.5. The second-order valence-corrected chi connectivity index (χ2v) is 11.5. The van der Waals surface area contributed by atoms with Gasteiger partial charge in [-0.3, -0.25) is 0 Å². The van der Waals surface area contributed by atoms with Crippen LogP contribution in [0.15, 0.2) is 127 Å². The molecule has 1 fully saturated rings. The molecule has 4 aromatic rings. The number of rotatable bonds is 19. The summed E-state index contributed by atoms with van der Waals surface area (Å²) in [6.45, 7) is 2.23. The Kier molecular flexibility index (Phi) is 14.4. The van der Waals surface area contributed by atoms with Crippen LogP contribution in [-0.4, -0.2) is 49.9 Å². The van der Waals surface area contributed by atoms with Gasteiger partial charge in [-0.05, 0) is 47.6 Å². The van der Waals surface area contributed by atoms with E-state index in [9.17, 15) is 4.79 Å². The Hall–Kier alpha value is -3.91. The molecule has 1 heterocycles. The van der Waals surface area contributed by atoms with Crippen molar-refractivity contribution >= 4 is 5.94 Å². The highest BCUT2D eigenvalue weighted by molar-refractivity contribution is 5.44. The van der Waals surface area contributed by atoms with Gasteiger partial charge in [0.1, 0.15) is 30.4 Å². The first kappa shape index (κ1) is 34.4. The lowest BCUT2D eigenvalue weighted by atomic mass is 9.97. The van der Waals surface area contributed by atoms with Crippen molar-refractivity contribution in [2.24, 2.45) is 0 Å². The predicted octanol–water partition coefficient (Wildman–Crippen LogP) is 7.26.